The largest absolute Gasteiger partial charge is 0.573 e. The molecule has 2 aromatic rings. The summed E-state index contributed by atoms with van der Waals surface area (Å²) in [6, 6.07) is 1.17. The molecular formula is C19H23F6N5O. The number of hydrogen-bond acceptors (Lipinski definition) is 5. The van der Waals surface area contributed by atoms with Gasteiger partial charge in [0.15, 0.2) is 11.6 Å². The first-order chi connectivity index (χ1) is 14.3. The number of nitrogens with two attached hydrogens (primary N) is 1. The maximum Gasteiger partial charge on any atom is 0.573 e. The van der Waals surface area contributed by atoms with Gasteiger partial charge in [-0.25, -0.2) is 9.97 Å². The van der Waals surface area contributed by atoms with E-state index >= 15 is 0 Å². The highest BCUT2D eigenvalue weighted by Gasteiger charge is 2.47. The van der Waals surface area contributed by atoms with Crippen molar-refractivity contribution in [2.45, 2.75) is 38.7 Å². The molecule has 3 N–H and O–H groups in total. The number of nitrogens with zero attached hydrogens (tertiary/aromatic N) is 3. The molecule has 1 saturated heterocycles. The maximum atomic E-state index is 12.2. The van der Waals surface area contributed by atoms with E-state index in [-0.39, 0.29) is 11.7 Å². The number of imidazole rings is 1. The summed E-state index contributed by atoms with van der Waals surface area (Å²) in [4.78, 5) is 12.4. The lowest BCUT2D eigenvalue weighted by atomic mass is 10.2. The minimum absolute atomic E-state index is 0.177. The Hall–Kier alpha value is -2.50. The van der Waals surface area contributed by atoms with E-state index in [0.29, 0.717) is 36.2 Å². The molecule has 0 amide bonds. The second-order valence-electron chi connectivity index (χ2n) is 8.06. The molecule has 6 nitrogen and oxygen atoms in total. The van der Waals surface area contributed by atoms with Gasteiger partial charge >= 0.3 is 12.5 Å². The summed E-state index contributed by atoms with van der Waals surface area (Å²) in [5.74, 6) is 1.24. The smallest absolute Gasteiger partial charge is 0.402 e. The first-order valence-corrected chi connectivity index (χ1v) is 9.66. The van der Waals surface area contributed by atoms with Gasteiger partial charge in [0.05, 0.1) is 18.4 Å². The van der Waals surface area contributed by atoms with Crippen molar-refractivity contribution >= 4 is 5.82 Å². The van der Waals surface area contributed by atoms with Crippen LogP contribution in [0.3, 0.4) is 0 Å². The summed E-state index contributed by atoms with van der Waals surface area (Å²) in [5, 5.41) is 0. The summed E-state index contributed by atoms with van der Waals surface area (Å²) in [5.41, 5.74) is 6.33. The Labute approximate surface area is 174 Å². The zero-order valence-electron chi connectivity index (χ0n) is 16.9. The van der Waals surface area contributed by atoms with Crippen LogP contribution in [0, 0.1) is 11.8 Å². The van der Waals surface area contributed by atoms with Gasteiger partial charge in [-0.1, -0.05) is 13.8 Å². The minimum Gasteiger partial charge on any atom is -0.402 e. The van der Waals surface area contributed by atoms with Crippen LogP contribution in [0.1, 0.15) is 32.0 Å². The Morgan fingerprint density at radius 2 is 1.77 bits per heavy atom. The third-order valence-electron chi connectivity index (χ3n) is 5.02. The van der Waals surface area contributed by atoms with E-state index in [0.717, 1.165) is 12.2 Å². The van der Waals surface area contributed by atoms with Gasteiger partial charge in [-0.3, -0.25) is 4.90 Å². The van der Waals surface area contributed by atoms with Crippen molar-refractivity contribution in [3.05, 3.63) is 24.3 Å². The molecule has 2 aromatic heterocycles. The van der Waals surface area contributed by atoms with Crippen molar-refractivity contribution in [3.63, 3.8) is 0 Å². The Balaban J connectivity index is 0.000000207. The first kappa shape index (κ1) is 23.2. The molecule has 3 heterocycles. The number of likely N-dealkylation sites (tertiary alicyclic amines) is 1. The van der Waals surface area contributed by atoms with E-state index < -0.39 is 24.8 Å². The van der Waals surface area contributed by atoms with Crippen LogP contribution in [0.15, 0.2) is 18.5 Å². The van der Waals surface area contributed by atoms with Crippen LogP contribution in [0.5, 0.6) is 5.75 Å². The number of halogens is 6. The summed E-state index contributed by atoms with van der Waals surface area (Å²) < 4.78 is 76.0. The van der Waals surface area contributed by atoms with Crippen molar-refractivity contribution in [1.29, 1.82) is 0 Å². The molecule has 1 saturated carbocycles. The Bertz CT molecular complexity index is 885. The number of aromatic amines is 1. The number of anilines is 1. The molecule has 2 unspecified atom stereocenters. The molecule has 2 aliphatic rings. The summed E-state index contributed by atoms with van der Waals surface area (Å²) in [6.07, 6.45) is -4.77. The van der Waals surface area contributed by atoms with Crippen LogP contribution in [0.2, 0.25) is 0 Å². The van der Waals surface area contributed by atoms with E-state index in [1.807, 2.05) is 13.8 Å². The van der Waals surface area contributed by atoms with E-state index in [4.69, 9.17) is 5.73 Å². The van der Waals surface area contributed by atoms with Crippen LogP contribution in [0.4, 0.5) is 32.2 Å². The number of ether oxygens (including phenoxy) is 1. The molecule has 31 heavy (non-hydrogen) atoms. The summed E-state index contributed by atoms with van der Waals surface area (Å²) in [7, 11) is 0. The fraction of sp³-hybridized carbons (Fsp3) is 0.579. The van der Waals surface area contributed by atoms with E-state index in [2.05, 4.69) is 19.7 Å². The van der Waals surface area contributed by atoms with E-state index in [1.165, 1.54) is 23.4 Å². The highest BCUT2D eigenvalue weighted by atomic mass is 19.4. The summed E-state index contributed by atoms with van der Waals surface area (Å²) >= 11 is 0. The SMILES string of the molecule is CC(C)c1ncc(-c2cnc(N)c(OC(F)(F)F)c2)[nH]1.FC(F)(F)CN1CC2CC2C1. The lowest BCUT2D eigenvalue weighted by molar-refractivity contribution is -0.274. The van der Waals surface area contributed by atoms with Crippen LogP contribution >= 0.6 is 0 Å². The number of aromatic nitrogens is 3. The normalized spacial score (nSPS) is 20.9. The van der Waals surface area contributed by atoms with E-state index in [9.17, 15) is 26.3 Å². The molecule has 0 bridgehead atoms. The highest BCUT2D eigenvalue weighted by Crippen LogP contribution is 2.45. The lowest BCUT2D eigenvalue weighted by Gasteiger charge is -2.18. The minimum atomic E-state index is -4.81. The lowest BCUT2D eigenvalue weighted by Crippen LogP contribution is -2.33. The quantitative estimate of drug-likeness (QED) is 0.666. The monoisotopic (exact) mass is 451 g/mol. The zero-order chi connectivity index (χ0) is 23.0. The standard InChI is InChI=1S/C12H13F3N4O.C7H10F3N/c1-6(2)11-18-5-8(19-11)7-3-9(10(16)17-4-7)20-12(13,14)15;8-7(9,10)4-11-2-5-1-6(5)3-11/h3-6H,1-2H3,(H2,16,17)(H,18,19);5-6H,1-4H2. The summed E-state index contributed by atoms with van der Waals surface area (Å²) in [6.45, 7) is 4.53. The Kier molecular flexibility index (Phi) is 6.40. The number of hydrogen-bond donors (Lipinski definition) is 2. The predicted octanol–water partition coefficient (Wildman–Crippen LogP) is 4.58. The van der Waals surface area contributed by atoms with Crippen LogP contribution in [-0.2, 0) is 0 Å². The molecule has 12 heteroatoms. The van der Waals surface area contributed by atoms with Crippen LogP contribution in [-0.4, -0.2) is 52.0 Å². The molecular weight excluding hydrogens is 428 g/mol. The van der Waals surface area contributed by atoms with Crippen molar-refractivity contribution in [2.24, 2.45) is 11.8 Å². The predicted molar refractivity (Wildman–Crippen MR) is 101 cm³/mol. The Morgan fingerprint density at radius 1 is 1.13 bits per heavy atom. The van der Waals surface area contributed by atoms with Gasteiger partial charge < -0.3 is 15.5 Å². The average Bonchev–Trinajstić information content (AvgIpc) is 3.04. The number of nitrogen functional groups attached to an aromatic ring is 1. The third-order valence-corrected chi connectivity index (χ3v) is 5.02. The number of nitrogens with one attached hydrogen (secondary N) is 1. The molecule has 0 radical (unpaired) electrons. The molecule has 1 aliphatic carbocycles. The second kappa shape index (κ2) is 8.56. The molecule has 4 rings (SSSR count). The second-order valence-corrected chi connectivity index (χ2v) is 8.06. The topological polar surface area (TPSA) is 80.1 Å². The molecule has 172 valence electrons. The van der Waals surface area contributed by atoms with Crippen molar-refractivity contribution in [1.82, 2.24) is 19.9 Å². The van der Waals surface area contributed by atoms with Gasteiger partial charge in [-0.15, -0.1) is 13.2 Å². The third kappa shape index (κ3) is 6.74. The van der Waals surface area contributed by atoms with E-state index in [1.54, 1.807) is 0 Å². The van der Waals surface area contributed by atoms with Crippen molar-refractivity contribution in [3.8, 4) is 17.0 Å². The molecule has 0 aromatic carbocycles. The van der Waals surface area contributed by atoms with Gasteiger partial charge in [0.25, 0.3) is 0 Å². The van der Waals surface area contributed by atoms with Gasteiger partial charge in [0.1, 0.15) is 5.82 Å². The average molecular weight is 451 g/mol. The molecule has 2 fully saturated rings. The van der Waals surface area contributed by atoms with Gasteiger partial charge in [-0.2, -0.15) is 13.2 Å². The number of fused-ring (bicyclic) bond motifs is 1. The first-order valence-electron chi connectivity index (χ1n) is 9.66. The number of H-pyrrole nitrogens is 1. The maximum absolute atomic E-state index is 12.2. The van der Waals surface area contributed by atoms with Gasteiger partial charge in [-0.05, 0) is 24.3 Å². The van der Waals surface area contributed by atoms with Gasteiger partial charge in [0, 0.05) is 30.8 Å². The van der Waals surface area contributed by atoms with Crippen LogP contribution in [0.25, 0.3) is 11.3 Å². The number of pyridine rings is 1. The molecule has 0 spiro atoms. The fourth-order valence-electron chi connectivity index (χ4n) is 3.46. The van der Waals surface area contributed by atoms with Gasteiger partial charge in [0.2, 0.25) is 0 Å². The fourth-order valence-corrected chi connectivity index (χ4v) is 3.46. The highest BCUT2D eigenvalue weighted by molar-refractivity contribution is 5.63. The molecule has 2 atom stereocenters. The number of rotatable bonds is 4. The van der Waals surface area contributed by atoms with Crippen molar-refractivity contribution < 1.29 is 31.1 Å². The zero-order valence-corrected chi connectivity index (χ0v) is 16.9. The number of alkyl halides is 6. The molecule has 1 aliphatic heterocycles. The van der Waals surface area contributed by atoms with Crippen molar-refractivity contribution in [2.75, 3.05) is 25.4 Å². The number of piperidine rings is 1. The van der Waals surface area contributed by atoms with Crippen LogP contribution < -0.4 is 10.5 Å². The Morgan fingerprint density at radius 3 is 2.29 bits per heavy atom.